The first-order valence-electron chi connectivity index (χ1n) is 13.5. The van der Waals surface area contributed by atoms with Crippen LogP contribution in [-0.2, 0) is 19.7 Å². The van der Waals surface area contributed by atoms with Crippen molar-refractivity contribution in [2.75, 3.05) is 46.0 Å². The van der Waals surface area contributed by atoms with Crippen molar-refractivity contribution >= 4 is 17.4 Å². The summed E-state index contributed by atoms with van der Waals surface area (Å²) >= 11 is 0. The van der Waals surface area contributed by atoms with Crippen molar-refractivity contribution in [3.63, 3.8) is 0 Å². The molecule has 7 nitrogen and oxygen atoms in total. The fourth-order valence-corrected chi connectivity index (χ4v) is 5.18. The van der Waals surface area contributed by atoms with Gasteiger partial charge in [0, 0.05) is 31.7 Å². The Labute approximate surface area is 226 Å². The topological polar surface area (TPSA) is 79.3 Å². The van der Waals surface area contributed by atoms with Crippen LogP contribution >= 0.6 is 0 Å². The summed E-state index contributed by atoms with van der Waals surface area (Å²) in [5.74, 6) is -0.650. The first kappa shape index (κ1) is 27.9. The fourth-order valence-electron chi connectivity index (χ4n) is 5.18. The standard InChI is InChI=1S/C31H40N2O5/c1-6-38-25-13-10-23(20-21(25)2)28(34)26-27(22-8-11-24(12-9-22)31(3,4)5)33(30(36)29(26)35)15-7-14-32-16-18-37-19-17-32/h8-13,20,27,34H,6-7,14-19H2,1-5H3/b28-26-. The summed E-state index contributed by atoms with van der Waals surface area (Å²) in [7, 11) is 0. The van der Waals surface area contributed by atoms with Crippen molar-refractivity contribution in [3.8, 4) is 5.75 Å². The molecule has 0 aromatic heterocycles. The SMILES string of the molecule is CCOc1ccc(/C(O)=C2/C(=O)C(=O)N(CCCN3CCOCC3)C2c2ccc(C(C)(C)C)cc2)cc1C. The van der Waals surface area contributed by atoms with Gasteiger partial charge in [0.1, 0.15) is 11.5 Å². The highest BCUT2D eigenvalue weighted by atomic mass is 16.5. The molecule has 204 valence electrons. The van der Waals surface area contributed by atoms with Crippen molar-refractivity contribution in [1.82, 2.24) is 9.80 Å². The third kappa shape index (κ3) is 5.94. The van der Waals surface area contributed by atoms with E-state index in [1.54, 1.807) is 23.1 Å². The van der Waals surface area contributed by atoms with Gasteiger partial charge < -0.3 is 19.5 Å². The second kappa shape index (κ2) is 11.7. The third-order valence-corrected chi connectivity index (χ3v) is 7.36. The lowest BCUT2D eigenvalue weighted by Crippen LogP contribution is -2.39. The molecular weight excluding hydrogens is 480 g/mol. The molecule has 0 spiro atoms. The Hall–Kier alpha value is -3.16. The largest absolute Gasteiger partial charge is 0.507 e. The van der Waals surface area contributed by atoms with Gasteiger partial charge in [-0.3, -0.25) is 14.5 Å². The van der Waals surface area contributed by atoms with Crippen molar-refractivity contribution < 1.29 is 24.2 Å². The number of ketones is 1. The summed E-state index contributed by atoms with van der Waals surface area (Å²) in [5.41, 5.74) is 3.42. The number of rotatable bonds is 8. The summed E-state index contributed by atoms with van der Waals surface area (Å²) in [4.78, 5) is 30.7. The Morgan fingerprint density at radius 3 is 2.34 bits per heavy atom. The van der Waals surface area contributed by atoms with Crippen LogP contribution in [0.4, 0.5) is 0 Å². The molecule has 1 N–H and O–H groups in total. The maximum absolute atomic E-state index is 13.4. The molecule has 2 fully saturated rings. The van der Waals surface area contributed by atoms with Gasteiger partial charge in [-0.05, 0) is 60.6 Å². The van der Waals surface area contributed by atoms with E-state index in [4.69, 9.17) is 9.47 Å². The van der Waals surface area contributed by atoms with Crippen molar-refractivity contribution in [3.05, 3.63) is 70.3 Å². The quantitative estimate of drug-likeness (QED) is 0.305. The Kier molecular flexibility index (Phi) is 8.58. The molecule has 7 heteroatoms. The van der Waals surface area contributed by atoms with Crippen molar-refractivity contribution in [2.45, 2.75) is 52.5 Å². The number of hydrogen-bond donors (Lipinski definition) is 1. The molecule has 0 saturated carbocycles. The highest BCUT2D eigenvalue weighted by Gasteiger charge is 2.46. The number of amides is 1. The first-order valence-corrected chi connectivity index (χ1v) is 13.5. The number of nitrogens with zero attached hydrogens (tertiary/aromatic N) is 2. The summed E-state index contributed by atoms with van der Waals surface area (Å²) in [5, 5.41) is 11.4. The number of morpholine rings is 1. The Bertz CT molecular complexity index is 1190. The molecule has 2 aliphatic rings. The molecule has 2 saturated heterocycles. The van der Waals surface area contributed by atoms with E-state index in [-0.39, 0.29) is 16.7 Å². The second-order valence-electron chi connectivity index (χ2n) is 11.1. The number of carbonyl (C=O) groups excluding carboxylic acids is 2. The molecule has 0 aliphatic carbocycles. The van der Waals surface area contributed by atoms with Gasteiger partial charge in [-0.1, -0.05) is 45.0 Å². The van der Waals surface area contributed by atoms with Crippen LogP contribution in [0.25, 0.3) is 5.76 Å². The number of aryl methyl sites for hydroxylation is 1. The van der Waals surface area contributed by atoms with E-state index in [2.05, 4.69) is 25.7 Å². The van der Waals surface area contributed by atoms with Gasteiger partial charge in [0.15, 0.2) is 0 Å². The van der Waals surface area contributed by atoms with Crippen LogP contribution < -0.4 is 4.74 Å². The normalized spacial score (nSPS) is 20.2. The lowest BCUT2D eigenvalue weighted by atomic mass is 9.85. The van der Waals surface area contributed by atoms with Crippen LogP contribution in [0.15, 0.2) is 48.0 Å². The second-order valence-corrected chi connectivity index (χ2v) is 11.1. The van der Waals surface area contributed by atoms with Crippen molar-refractivity contribution in [2.24, 2.45) is 0 Å². The number of ether oxygens (including phenoxy) is 2. The monoisotopic (exact) mass is 520 g/mol. The Morgan fingerprint density at radius 2 is 1.74 bits per heavy atom. The van der Waals surface area contributed by atoms with Gasteiger partial charge in [-0.2, -0.15) is 0 Å². The lowest BCUT2D eigenvalue weighted by molar-refractivity contribution is -0.140. The molecule has 38 heavy (non-hydrogen) atoms. The zero-order valence-corrected chi connectivity index (χ0v) is 23.3. The molecule has 2 heterocycles. The number of aliphatic hydroxyl groups is 1. The molecule has 1 unspecified atom stereocenters. The Morgan fingerprint density at radius 1 is 1.05 bits per heavy atom. The van der Waals surface area contributed by atoms with E-state index in [1.807, 2.05) is 38.1 Å². The molecular formula is C31H40N2O5. The van der Waals surface area contributed by atoms with Crippen LogP contribution in [0, 0.1) is 6.92 Å². The van der Waals surface area contributed by atoms with Crippen LogP contribution in [-0.4, -0.2) is 72.6 Å². The molecule has 2 aliphatic heterocycles. The van der Waals surface area contributed by atoms with E-state index >= 15 is 0 Å². The van der Waals surface area contributed by atoms with E-state index < -0.39 is 17.7 Å². The number of carbonyl (C=O) groups is 2. The van der Waals surface area contributed by atoms with E-state index in [0.29, 0.717) is 31.9 Å². The smallest absolute Gasteiger partial charge is 0.295 e. The highest BCUT2D eigenvalue weighted by molar-refractivity contribution is 6.46. The number of Topliss-reactive ketones (excluding diaryl/α,β-unsaturated/α-hetero) is 1. The third-order valence-electron chi connectivity index (χ3n) is 7.36. The van der Waals surface area contributed by atoms with Crippen LogP contribution in [0.5, 0.6) is 5.75 Å². The molecule has 0 bridgehead atoms. The molecule has 1 amide bonds. The van der Waals surface area contributed by atoms with Gasteiger partial charge in [0.05, 0.1) is 31.4 Å². The average molecular weight is 521 g/mol. The average Bonchev–Trinajstić information content (AvgIpc) is 3.15. The van der Waals surface area contributed by atoms with Gasteiger partial charge in [0.2, 0.25) is 0 Å². The number of aliphatic hydroxyl groups excluding tert-OH is 1. The minimum atomic E-state index is -0.652. The lowest BCUT2D eigenvalue weighted by Gasteiger charge is -2.29. The first-order chi connectivity index (χ1) is 18.1. The van der Waals surface area contributed by atoms with E-state index in [9.17, 15) is 14.7 Å². The zero-order valence-electron chi connectivity index (χ0n) is 23.3. The summed E-state index contributed by atoms with van der Waals surface area (Å²) in [6.45, 7) is 15.2. The Balaban J connectivity index is 1.70. The number of likely N-dealkylation sites (tertiary alicyclic amines) is 1. The van der Waals surface area contributed by atoms with Gasteiger partial charge in [-0.15, -0.1) is 0 Å². The predicted octanol–water partition coefficient (Wildman–Crippen LogP) is 4.84. The van der Waals surface area contributed by atoms with Crippen molar-refractivity contribution in [1.29, 1.82) is 0 Å². The number of hydrogen-bond acceptors (Lipinski definition) is 6. The molecule has 1 atom stereocenters. The summed E-state index contributed by atoms with van der Waals surface area (Å²) in [6, 6.07) is 12.7. The van der Waals surface area contributed by atoms with Gasteiger partial charge in [-0.25, -0.2) is 0 Å². The summed E-state index contributed by atoms with van der Waals surface area (Å²) in [6.07, 6.45) is 0.728. The molecule has 2 aromatic rings. The predicted molar refractivity (Wildman–Crippen MR) is 148 cm³/mol. The summed E-state index contributed by atoms with van der Waals surface area (Å²) < 4.78 is 11.1. The molecule has 4 rings (SSSR count). The van der Waals surface area contributed by atoms with Crippen LogP contribution in [0.1, 0.15) is 62.4 Å². The van der Waals surface area contributed by atoms with E-state index in [1.165, 1.54) is 0 Å². The van der Waals surface area contributed by atoms with E-state index in [0.717, 1.165) is 48.5 Å². The number of benzene rings is 2. The fraction of sp³-hybridized carbons (Fsp3) is 0.484. The highest BCUT2D eigenvalue weighted by Crippen LogP contribution is 2.40. The minimum Gasteiger partial charge on any atom is -0.507 e. The molecule has 0 radical (unpaired) electrons. The maximum Gasteiger partial charge on any atom is 0.295 e. The van der Waals surface area contributed by atoms with Crippen LogP contribution in [0.3, 0.4) is 0 Å². The van der Waals surface area contributed by atoms with Crippen LogP contribution in [0.2, 0.25) is 0 Å². The van der Waals surface area contributed by atoms with Gasteiger partial charge in [0.25, 0.3) is 11.7 Å². The zero-order chi connectivity index (χ0) is 27.4. The minimum absolute atomic E-state index is 0.0294. The molecule has 2 aromatic carbocycles. The van der Waals surface area contributed by atoms with Gasteiger partial charge >= 0.3 is 0 Å². The maximum atomic E-state index is 13.4.